The average Bonchev–Trinajstić information content (AvgIpc) is 2.36. The van der Waals surface area contributed by atoms with Gasteiger partial charge in [0, 0.05) is 35.5 Å². The van der Waals surface area contributed by atoms with Crippen molar-refractivity contribution in [2.45, 2.75) is 38.4 Å². The smallest absolute Gasteiger partial charge is 0.335 e. The Balaban J connectivity index is 5.12. The summed E-state index contributed by atoms with van der Waals surface area (Å²) in [4.78, 5) is 0. The molecule has 0 rings (SSSR count). The fourth-order valence-corrected chi connectivity index (χ4v) is 2.19. The molecule has 116 valence electrons. The van der Waals surface area contributed by atoms with Crippen molar-refractivity contribution in [1.82, 2.24) is 0 Å². The highest BCUT2D eigenvalue weighted by molar-refractivity contribution is 6.69. The van der Waals surface area contributed by atoms with E-state index in [0.717, 1.165) is 0 Å². The number of hydrogen-bond acceptors (Lipinski definition) is 7. The third kappa shape index (κ3) is 5.84. The zero-order chi connectivity index (χ0) is 15.1. The van der Waals surface area contributed by atoms with Crippen molar-refractivity contribution in [2.75, 3.05) is 35.5 Å². The first kappa shape index (κ1) is 18.9. The normalized spacial score (nSPS) is 15.0. The molecule has 7 nitrogen and oxygen atoms in total. The van der Waals surface area contributed by atoms with Gasteiger partial charge < -0.3 is 28.1 Å². The molecule has 0 aliphatic carbocycles. The van der Waals surface area contributed by atoms with E-state index in [1.165, 1.54) is 35.5 Å². The Morgan fingerprint density at radius 2 is 1.21 bits per heavy atom. The topological polar surface area (TPSA) is 64.6 Å². The van der Waals surface area contributed by atoms with Crippen molar-refractivity contribution >= 4 is 8.32 Å². The molecule has 0 fully saturated rings. The Kier molecular flexibility index (Phi) is 8.25. The maximum atomic E-state index is 5.89. The second-order valence-corrected chi connectivity index (χ2v) is 9.13. The molecule has 0 aromatic rings. The SMILES string of the molecule is COC(OC)OC(O[Si](C)(C)C)C(OC)(OC)OC. The van der Waals surface area contributed by atoms with Crippen molar-refractivity contribution in [3.8, 4) is 0 Å². The molecule has 0 saturated heterocycles. The molecule has 1 unspecified atom stereocenters. The van der Waals surface area contributed by atoms with Gasteiger partial charge in [0.2, 0.25) is 6.29 Å². The van der Waals surface area contributed by atoms with E-state index in [4.69, 9.17) is 32.8 Å². The third-order valence-electron chi connectivity index (χ3n) is 2.22. The van der Waals surface area contributed by atoms with Crippen LogP contribution in [0.15, 0.2) is 0 Å². The van der Waals surface area contributed by atoms with E-state index in [2.05, 4.69) is 0 Å². The molecule has 0 saturated carbocycles. The van der Waals surface area contributed by atoms with Gasteiger partial charge in [-0.25, -0.2) is 0 Å². The molecule has 0 heterocycles. The van der Waals surface area contributed by atoms with Crippen molar-refractivity contribution in [2.24, 2.45) is 0 Å². The van der Waals surface area contributed by atoms with Gasteiger partial charge in [-0.05, 0) is 19.6 Å². The van der Waals surface area contributed by atoms with E-state index in [-0.39, 0.29) is 0 Å². The largest absolute Gasteiger partial charge is 0.387 e. The molecule has 0 radical (unpaired) electrons. The summed E-state index contributed by atoms with van der Waals surface area (Å²) in [6.45, 7) is 5.10. The molecule has 19 heavy (non-hydrogen) atoms. The number of ether oxygens (including phenoxy) is 6. The monoisotopic (exact) mass is 298 g/mol. The lowest BCUT2D eigenvalue weighted by Crippen LogP contribution is -2.55. The first-order valence-electron chi connectivity index (χ1n) is 5.82. The molecule has 0 amide bonds. The number of methoxy groups -OCH3 is 5. The van der Waals surface area contributed by atoms with Crippen LogP contribution in [0.25, 0.3) is 0 Å². The van der Waals surface area contributed by atoms with E-state index in [1.54, 1.807) is 0 Å². The Morgan fingerprint density at radius 1 is 0.789 bits per heavy atom. The minimum absolute atomic E-state index is 0.916. The Morgan fingerprint density at radius 3 is 1.47 bits per heavy atom. The van der Waals surface area contributed by atoms with Crippen LogP contribution in [0.2, 0.25) is 19.6 Å². The third-order valence-corrected chi connectivity index (χ3v) is 3.14. The zero-order valence-corrected chi connectivity index (χ0v) is 14.0. The number of rotatable bonds is 10. The van der Waals surface area contributed by atoms with Gasteiger partial charge in [0.05, 0.1) is 0 Å². The van der Waals surface area contributed by atoms with Crippen LogP contribution in [0.4, 0.5) is 0 Å². The van der Waals surface area contributed by atoms with E-state index >= 15 is 0 Å². The van der Waals surface area contributed by atoms with E-state index in [0.29, 0.717) is 0 Å². The second kappa shape index (κ2) is 8.27. The zero-order valence-electron chi connectivity index (χ0n) is 13.0. The summed E-state index contributed by atoms with van der Waals surface area (Å²) in [6.07, 6.45) is -0.955. The first-order valence-corrected chi connectivity index (χ1v) is 9.23. The fourth-order valence-electron chi connectivity index (χ4n) is 1.35. The van der Waals surface area contributed by atoms with Crippen LogP contribution in [0.5, 0.6) is 0 Å². The minimum atomic E-state index is -1.95. The fraction of sp³-hybridized carbons (Fsp3) is 1.00. The first-order chi connectivity index (χ1) is 8.78. The summed E-state index contributed by atoms with van der Waals surface area (Å²) in [6, 6.07) is 0. The molecular weight excluding hydrogens is 272 g/mol. The maximum Gasteiger partial charge on any atom is 0.335 e. The van der Waals surface area contributed by atoms with Gasteiger partial charge in [0.15, 0.2) is 8.32 Å². The lowest BCUT2D eigenvalue weighted by molar-refractivity contribution is -0.455. The summed E-state index contributed by atoms with van der Waals surface area (Å²) >= 11 is 0. The molecular formula is C11H26O7Si. The standard InChI is InChI=1S/C11H26O7Si/c1-12-10(13-2)17-9(18-19(6,7)8)11(14-3,15-4)16-5/h9-10H,1-8H3. The quantitative estimate of drug-likeness (QED) is 0.445. The molecule has 8 heteroatoms. The van der Waals surface area contributed by atoms with Gasteiger partial charge in [-0.2, -0.15) is 0 Å². The molecule has 0 aromatic heterocycles. The molecule has 0 bridgehead atoms. The highest BCUT2D eigenvalue weighted by atomic mass is 28.4. The number of hydrogen-bond donors (Lipinski definition) is 0. The summed E-state index contributed by atoms with van der Waals surface area (Å²) in [5.74, 6) is -1.49. The average molecular weight is 298 g/mol. The Bertz CT molecular complexity index is 227. The van der Waals surface area contributed by atoms with Gasteiger partial charge >= 0.3 is 5.97 Å². The summed E-state index contributed by atoms with van der Waals surface area (Å²) in [5, 5.41) is 0. The minimum Gasteiger partial charge on any atom is -0.387 e. The summed E-state index contributed by atoms with van der Waals surface area (Å²) in [7, 11) is 5.27. The van der Waals surface area contributed by atoms with Crippen LogP contribution in [0.3, 0.4) is 0 Å². The van der Waals surface area contributed by atoms with Gasteiger partial charge in [-0.15, -0.1) is 0 Å². The molecule has 0 spiro atoms. The van der Waals surface area contributed by atoms with Crippen LogP contribution < -0.4 is 0 Å². The highest BCUT2D eigenvalue weighted by Crippen LogP contribution is 2.26. The molecule has 1 atom stereocenters. The maximum absolute atomic E-state index is 5.89. The van der Waals surface area contributed by atoms with Gasteiger partial charge in [0.25, 0.3) is 6.48 Å². The van der Waals surface area contributed by atoms with Crippen molar-refractivity contribution in [3.05, 3.63) is 0 Å². The molecule has 0 aromatic carbocycles. The Labute approximate surface area is 116 Å². The van der Waals surface area contributed by atoms with E-state index < -0.39 is 27.1 Å². The predicted octanol–water partition coefficient (Wildman–Crippen LogP) is 1.35. The van der Waals surface area contributed by atoms with Gasteiger partial charge in [0.1, 0.15) is 0 Å². The lowest BCUT2D eigenvalue weighted by Gasteiger charge is -2.39. The summed E-state index contributed by atoms with van der Waals surface area (Å²) in [5.41, 5.74) is 0. The lowest BCUT2D eigenvalue weighted by atomic mass is 10.5. The second-order valence-electron chi connectivity index (χ2n) is 4.67. The predicted molar refractivity (Wildman–Crippen MR) is 70.9 cm³/mol. The van der Waals surface area contributed by atoms with Crippen LogP contribution in [0.1, 0.15) is 0 Å². The van der Waals surface area contributed by atoms with Gasteiger partial charge in [-0.3, -0.25) is 4.74 Å². The van der Waals surface area contributed by atoms with Crippen LogP contribution >= 0.6 is 0 Å². The highest BCUT2D eigenvalue weighted by Gasteiger charge is 2.46. The van der Waals surface area contributed by atoms with Crippen molar-refractivity contribution in [3.63, 3.8) is 0 Å². The molecule has 0 N–H and O–H groups in total. The van der Waals surface area contributed by atoms with E-state index in [9.17, 15) is 0 Å². The van der Waals surface area contributed by atoms with E-state index in [1.807, 2.05) is 19.6 Å². The van der Waals surface area contributed by atoms with Crippen LogP contribution in [0, 0.1) is 0 Å². The Hall–Kier alpha value is -0.0631. The van der Waals surface area contributed by atoms with Crippen LogP contribution in [-0.4, -0.2) is 62.6 Å². The van der Waals surface area contributed by atoms with Crippen molar-refractivity contribution < 1.29 is 32.8 Å². The van der Waals surface area contributed by atoms with Crippen LogP contribution in [-0.2, 0) is 32.8 Å². The summed E-state index contributed by atoms with van der Waals surface area (Å²) < 4.78 is 37.2. The van der Waals surface area contributed by atoms with Gasteiger partial charge in [-0.1, -0.05) is 0 Å². The van der Waals surface area contributed by atoms with Crippen molar-refractivity contribution in [1.29, 1.82) is 0 Å². The molecule has 0 aliphatic heterocycles. The molecule has 0 aliphatic rings.